The van der Waals surface area contributed by atoms with Gasteiger partial charge in [-0.15, -0.1) is 0 Å². The summed E-state index contributed by atoms with van der Waals surface area (Å²) in [6.07, 6.45) is 7.00. The molecule has 1 aliphatic carbocycles. The molecule has 2 fully saturated rings. The largest absolute Gasteiger partial charge is 0.490 e. The van der Waals surface area contributed by atoms with Crippen molar-refractivity contribution >= 4 is 30.0 Å². The standard InChI is InChI=1S/C30H41N3O5.C2HF3O2/c1-20-10-5-3-4-6-11-21-14-9-15-23-17-32(19-25(21)23)30(36)38-24-16-26(29(35)37-2)33(18-24)28(34)27(31-20)22-12-7-8-13-22;3-2(4,5)1(6)7/h6,9,11,14-15,20,22,24,26-27,31H,3-5,7-8,10,12-13,16-19H2,1-2H3;(H,6,7)/b11-6+;/t20-,24+,26-,27-;/m0./s1. The summed E-state index contributed by atoms with van der Waals surface area (Å²) in [5.41, 5.74) is 3.44. The van der Waals surface area contributed by atoms with Crippen molar-refractivity contribution in [3.05, 3.63) is 41.0 Å². The van der Waals surface area contributed by atoms with Crippen molar-refractivity contribution in [3.63, 3.8) is 0 Å². The first-order valence-electron chi connectivity index (χ1n) is 15.6. The van der Waals surface area contributed by atoms with Gasteiger partial charge in [-0.3, -0.25) is 9.69 Å². The highest BCUT2D eigenvalue weighted by Gasteiger charge is 2.46. The van der Waals surface area contributed by atoms with E-state index < -0.39 is 36.4 Å². The molecule has 3 aliphatic heterocycles. The summed E-state index contributed by atoms with van der Waals surface area (Å²) in [4.78, 5) is 52.2. The molecule has 4 aliphatic rings. The van der Waals surface area contributed by atoms with Gasteiger partial charge in [-0.25, -0.2) is 14.4 Å². The Kier molecular flexibility index (Phi) is 11.5. The number of amides is 2. The molecule has 13 heteroatoms. The van der Waals surface area contributed by atoms with Crippen LogP contribution in [0.15, 0.2) is 24.3 Å². The lowest BCUT2D eigenvalue weighted by Crippen LogP contribution is -2.55. The average molecular weight is 638 g/mol. The van der Waals surface area contributed by atoms with Crippen molar-refractivity contribution in [1.82, 2.24) is 15.1 Å². The Morgan fingerprint density at radius 3 is 2.42 bits per heavy atom. The van der Waals surface area contributed by atoms with E-state index >= 15 is 0 Å². The summed E-state index contributed by atoms with van der Waals surface area (Å²) in [6, 6.07) is 5.29. The van der Waals surface area contributed by atoms with Crippen molar-refractivity contribution in [2.24, 2.45) is 5.92 Å². The van der Waals surface area contributed by atoms with E-state index in [-0.39, 0.29) is 36.9 Å². The lowest BCUT2D eigenvalue weighted by Gasteiger charge is -2.33. The zero-order chi connectivity index (χ0) is 32.7. The summed E-state index contributed by atoms with van der Waals surface area (Å²) in [5, 5.41) is 10.8. The van der Waals surface area contributed by atoms with E-state index in [2.05, 4.69) is 36.5 Å². The Balaban J connectivity index is 0.000000591. The molecule has 1 aromatic rings. The number of hydrogen-bond donors (Lipinski definition) is 2. The van der Waals surface area contributed by atoms with Gasteiger partial charge in [-0.05, 0) is 61.6 Å². The normalized spacial score (nSPS) is 27.0. The molecular formula is C32H42F3N3O7. The first-order valence-corrected chi connectivity index (χ1v) is 15.6. The van der Waals surface area contributed by atoms with Gasteiger partial charge in [0, 0.05) is 19.0 Å². The van der Waals surface area contributed by atoms with Gasteiger partial charge in [0.05, 0.1) is 26.2 Å². The number of rotatable bonds is 2. The highest BCUT2D eigenvalue weighted by atomic mass is 19.4. The van der Waals surface area contributed by atoms with E-state index in [0.29, 0.717) is 13.1 Å². The highest BCUT2D eigenvalue weighted by Crippen LogP contribution is 2.33. The van der Waals surface area contributed by atoms with Crippen LogP contribution in [-0.4, -0.2) is 82.9 Å². The Morgan fingerprint density at radius 1 is 1.07 bits per heavy atom. The van der Waals surface area contributed by atoms with Crippen molar-refractivity contribution in [1.29, 1.82) is 0 Å². The minimum atomic E-state index is -5.08. The second-order valence-electron chi connectivity index (χ2n) is 12.2. The van der Waals surface area contributed by atoms with Crippen LogP contribution in [0.1, 0.15) is 81.4 Å². The zero-order valence-electron chi connectivity index (χ0n) is 25.7. The van der Waals surface area contributed by atoms with Crippen LogP contribution in [-0.2, 0) is 36.9 Å². The maximum absolute atomic E-state index is 14.0. The third-order valence-corrected chi connectivity index (χ3v) is 8.96. The lowest BCUT2D eigenvalue weighted by atomic mass is 9.95. The van der Waals surface area contributed by atoms with Crippen LogP contribution >= 0.6 is 0 Å². The number of methoxy groups -OCH3 is 1. The molecule has 1 aromatic carbocycles. The second-order valence-corrected chi connectivity index (χ2v) is 12.2. The third-order valence-electron chi connectivity index (χ3n) is 8.96. The number of benzene rings is 1. The monoisotopic (exact) mass is 637 g/mol. The molecule has 45 heavy (non-hydrogen) atoms. The first-order chi connectivity index (χ1) is 21.4. The topological polar surface area (TPSA) is 125 Å². The minimum absolute atomic E-state index is 0.0724. The number of halogens is 3. The smallest absolute Gasteiger partial charge is 0.475 e. The van der Waals surface area contributed by atoms with Gasteiger partial charge >= 0.3 is 24.2 Å². The number of carboxylic acids is 1. The number of aliphatic carboxylic acids is 1. The van der Waals surface area contributed by atoms with Gasteiger partial charge in [0.15, 0.2) is 0 Å². The van der Waals surface area contributed by atoms with Crippen molar-refractivity contribution < 1.29 is 46.9 Å². The Hall–Kier alpha value is -3.61. The Morgan fingerprint density at radius 2 is 1.76 bits per heavy atom. The van der Waals surface area contributed by atoms with Crippen LogP contribution in [0.4, 0.5) is 18.0 Å². The molecule has 2 N–H and O–H groups in total. The summed E-state index contributed by atoms with van der Waals surface area (Å²) in [5.74, 6) is -3.04. The van der Waals surface area contributed by atoms with Gasteiger partial charge < -0.3 is 24.8 Å². The molecule has 4 atom stereocenters. The molecule has 5 rings (SSSR count). The van der Waals surface area contributed by atoms with E-state index in [9.17, 15) is 27.6 Å². The number of ether oxygens (including phenoxy) is 2. The number of carboxylic acid groups (broad SMARTS) is 1. The van der Waals surface area contributed by atoms with Crippen LogP contribution in [0.2, 0.25) is 0 Å². The van der Waals surface area contributed by atoms with Gasteiger partial charge in [-0.2, -0.15) is 13.2 Å². The summed E-state index contributed by atoms with van der Waals surface area (Å²) in [7, 11) is 1.34. The van der Waals surface area contributed by atoms with Crippen LogP contribution in [0.25, 0.3) is 6.08 Å². The molecule has 0 radical (unpaired) electrons. The number of carbonyl (C=O) groups is 4. The lowest BCUT2D eigenvalue weighted by molar-refractivity contribution is -0.192. The van der Waals surface area contributed by atoms with Gasteiger partial charge in [0.1, 0.15) is 12.1 Å². The number of esters is 1. The van der Waals surface area contributed by atoms with Crippen molar-refractivity contribution in [2.75, 3.05) is 13.7 Å². The van der Waals surface area contributed by atoms with E-state index in [1.807, 2.05) is 6.07 Å². The van der Waals surface area contributed by atoms with Crippen LogP contribution < -0.4 is 5.32 Å². The van der Waals surface area contributed by atoms with E-state index in [0.717, 1.165) is 68.1 Å². The first kappa shape index (κ1) is 34.3. The number of alkyl halides is 3. The Labute approximate surface area is 260 Å². The maximum atomic E-state index is 14.0. The molecule has 1 saturated carbocycles. The van der Waals surface area contributed by atoms with E-state index in [1.54, 1.807) is 9.80 Å². The molecule has 2 amide bonds. The van der Waals surface area contributed by atoms with Crippen molar-refractivity contribution in [3.8, 4) is 0 Å². The molecule has 0 aromatic heterocycles. The fourth-order valence-corrected chi connectivity index (χ4v) is 6.63. The summed E-state index contributed by atoms with van der Waals surface area (Å²) >= 11 is 0. The number of allylic oxidation sites excluding steroid dienone is 1. The third kappa shape index (κ3) is 8.77. The molecule has 248 valence electrons. The SMILES string of the molecule is COC(=O)[C@@H]1C[C@@H]2CN1C(=O)[C@H](C1CCCC1)N[C@@H](C)CCCC/C=C/c1cccc3c1CN(C3)C(=O)O2.O=C(O)C(F)(F)F. The van der Waals surface area contributed by atoms with Gasteiger partial charge in [0.2, 0.25) is 5.91 Å². The van der Waals surface area contributed by atoms with Gasteiger partial charge in [0.25, 0.3) is 0 Å². The fourth-order valence-electron chi connectivity index (χ4n) is 6.63. The molecule has 0 unspecified atom stereocenters. The average Bonchev–Trinajstić information content (AvgIpc) is 3.76. The number of carbonyl (C=O) groups excluding carboxylic acids is 3. The van der Waals surface area contributed by atoms with Gasteiger partial charge in [-0.1, -0.05) is 49.6 Å². The number of hydrogen-bond acceptors (Lipinski definition) is 7. The minimum Gasteiger partial charge on any atom is -0.475 e. The number of fused-ring (bicyclic) bond motifs is 3. The highest BCUT2D eigenvalue weighted by molar-refractivity contribution is 5.88. The molecule has 1 saturated heterocycles. The number of nitrogens with one attached hydrogen (secondary N) is 1. The zero-order valence-corrected chi connectivity index (χ0v) is 25.7. The quantitative estimate of drug-likeness (QED) is 0.433. The van der Waals surface area contributed by atoms with Crippen LogP contribution in [0.3, 0.4) is 0 Å². The number of nitrogens with zero attached hydrogens (tertiary/aromatic N) is 2. The predicted octanol–water partition coefficient (Wildman–Crippen LogP) is 5.04. The van der Waals surface area contributed by atoms with Crippen LogP contribution in [0, 0.1) is 5.92 Å². The molecule has 3 heterocycles. The predicted molar refractivity (Wildman–Crippen MR) is 158 cm³/mol. The molecule has 0 spiro atoms. The van der Waals surface area contributed by atoms with E-state index in [4.69, 9.17) is 19.4 Å². The molecule has 10 nitrogen and oxygen atoms in total. The summed E-state index contributed by atoms with van der Waals surface area (Å²) in [6.45, 7) is 3.35. The van der Waals surface area contributed by atoms with Crippen molar-refractivity contribution in [2.45, 2.75) is 108 Å². The molecular weight excluding hydrogens is 595 g/mol. The molecule has 4 bridgehead atoms. The maximum Gasteiger partial charge on any atom is 0.490 e. The van der Waals surface area contributed by atoms with E-state index in [1.165, 1.54) is 7.11 Å². The van der Waals surface area contributed by atoms with Crippen LogP contribution in [0.5, 0.6) is 0 Å². The fraction of sp³-hybridized carbons (Fsp3) is 0.625. The Bertz CT molecular complexity index is 1260. The second kappa shape index (κ2) is 15.1. The summed E-state index contributed by atoms with van der Waals surface area (Å²) < 4.78 is 42.7.